The Balaban J connectivity index is 1.77. The van der Waals surface area contributed by atoms with Gasteiger partial charge in [0.1, 0.15) is 0 Å². The Hall–Kier alpha value is -2.07. The molecule has 0 aliphatic heterocycles. The fourth-order valence-electron chi connectivity index (χ4n) is 2.10. The van der Waals surface area contributed by atoms with Crippen molar-refractivity contribution >= 4 is 11.7 Å². The van der Waals surface area contributed by atoms with E-state index in [0.717, 1.165) is 5.69 Å². The summed E-state index contributed by atoms with van der Waals surface area (Å²) < 4.78 is 0. The Bertz CT molecular complexity index is 510. The molecule has 2 atom stereocenters. The van der Waals surface area contributed by atoms with Crippen LogP contribution >= 0.6 is 0 Å². The van der Waals surface area contributed by atoms with Crippen molar-refractivity contribution in [1.82, 2.24) is 10.9 Å². The highest BCUT2D eigenvalue weighted by Gasteiger charge is 2.27. The number of rotatable bonds is 4. The quantitative estimate of drug-likeness (QED) is 0.737. The number of nitrogens with one attached hydrogen (secondary N) is 3. The summed E-state index contributed by atoms with van der Waals surface area (Å²) in [5.74, 6) is 0.430. The summed E-state index contributed by atoms with van der Waals surface area (Å²) in [6, 6.07) is 9.10. The van der Waals surface area contributed by atoms with Crippen LogP contribution in [0.3, 0.4) is 0 Å². The van der Waals surface area contributed by atoms with E-state index in [4.69, 9.17) is 0 Å². The van der Waals surface area contributed by atoms with Crippen molar-refractivity contribution in [3.63, 3.8) is 0 Å². The van der Waals surface area contributed by atoms with Gasteiger partial charge in [0, 0.05) is 17.6 Å². The van der Waals surface area contributed by atoms with Crippen LogP contribution in [-0.4, -0.2) is 12.6 Å². The van der Waals surface area contributed by atoms with E-state index in [1.165, 1.54) is 0 Å². The number of allylic oxidation sites excluding steroid dienone is 3. The zero-order chi connectivity index (χ0) is 14.4. The van der Waals surface area contributed by atoms with Gasteiger partial charge in [-0.1, -0.05) is 56.4 Å². The van der Waals surface area contributed by atoms with Gasteiger partial charge in [-0.15, -0.1) is 0 Å². The van der Waals surface area contributed by atoms with Crippen molar-refractivity contribution in [2.45, 2.75) is 13.8 Å². The molecule has 0 bridgehead atoms. The molecule has 0 heterocycles. The Morgan fingerprint density at radius 2 is 2.00 bits per heavy atom. The number of benzene rings is 1. The number of hydrogen-bond acceptors (Lipinski definition) is 2. The largest absolute Gasteiger partial charge is 0.333 e. The predicted octanol–water partition coefficient (Wildman–Crippen LogP) is 3.08. The van der Waals surface area contributed by atoms with Crippen LogP contribution in [0.5, 0.6) is 0 Å². The number of hydrazine groups is 1. The second-order valence-electron chi connectivity index (χ2n) is 5.34. The summed E-state index contributed by atoms with van der Waals surface area (Å²) in [5.41, 5.74) is 6.44. The first-order chi connectivity index (χ1) is 9.60. The van der Waals surface area contributed by atoms with E-state index in [0.29, 0.717) is 12.5 Å². The molecule has 0 spiro atoms. The van der Waals surface area contributed by atoms with Crippen molar-refractivity contribution in [2.24, 2.45) is 11.3 Å². The van der Waals surface area contributed by atoms with E-state index in [-0.39, 0.29) is 11.4 Å². The lowest BCUT2D eigenvalue weighted by Crippen LogP contribution is -2.46. The van der Waals surface area contributed by atoms with Crippen LogP contribution in [0.2, 0.25) is 0 Å². The van der Waals surface area contributed by atoms with Gasteiger partial charge in [-0.3, -0.25) is 5.43 Å². The van der Waals surface area contributed by atoms with Gasteiger partial charge in [0.15, 0.2) is 0 Å². The Kier molecular flexibility index (Phi) is 4.58. The summed E-state index contributed by atoms with van der Waals surface area (Å²) in [4.78, 5) is 11.7. The maximum atomic E-state index is 11.7. The minimum Gasteiger partial charge on any atom is -0.307 e. The van der Waals surface area contributed by atoms with Gasteiger partial charge in [0.2, 0.25) is 0 Å². The van der Waals surface area contributed by atoms with Gasteiger partial charge >= 0.3 is 6.03 Å². The molecule has 4 nitrogen and oxygen atoms in total. The van der Waals surface area contributed by atoms with E-state index in [2.05, 4.69) is 48.2 Å². The fraction of sp³-hybridized carbons (Fsp3) is 0.312. The molecule has 2 unspecified atom stereocenters. The number of anilines is 1. The van der Waals surface area contributed by atoms with Crippen LogP contribution in [0, 0.1) is 11.3 Å². The molecule has 106 valence electrons. The minimum absolute atomic E-state index is 0.00871. The van der Waals surface area contributed by atoms with E-state index in [9.17, 15) is 4.79 Å². The number of carbonyl (C=O) groups excluding carboxylic acids is 1. The highest BCUT2D eigenvalue weighted by atomic mass is 16.2. The average Bonchev–Trinajstić information content (AvgIpc) is 2.43. The van der Waals surface area contributed by atoms with Gasteiger partial charge in [-0.05, 0) is 18.1 Å². The third-order valence-corrected chi connectivity index (χ3v) is 3.73. The molecular formula is C16H21N3O. The molecule has 1 aliphatic carbocycles. The summed E-state index contributed by atoms with van der Waals surface area (Å²) in [6.07, 6.45) is 8.45. The molecule has 2 rings (SSSR count). The summed E-state index contributed by atoms with van der Waals surface area (Å²) in [6.45, 7) is 5.02. The highest BCUT2D eigenvalue weighted by molar-refractivity contribution is 5.88. The van der Waals surface area contributed by atoms with Crippen molar-refractivity contribution in [3.8, 4) is 0 Å². The minimum atomic E-state index is -0.261. The van der Waals surface area contributed by atoms with Crippen LogP contribution in [0.4, 0.5) is 10.5 Å². The van der Waals surface area contributed by atoms with Gasteiger partial charge in [0.05, 0.1) is 0 Å². The smallest absolute Gasteiger partial charge is 0.307 e. The normalized spacial score (nSPS) is 24.4. The molecule has 1 aromatic carbocycles. The molecule has 1 aromatic rings. The van der Waals surface area contributed by atoms with Gasteiger partial charge in [-0.2, -0.15) is 0 Å². The number of hydrogen-bond donors (Lipinski definition) is 3. The molecule has 1 aliphatic rings. The Labute approximate surface area is 119 Å². The van der Waals surface area contributed by atoms with Crippen LogP contribution in [0.25, 0.3) is 0 Å². The monoisotopic (exact) mass is 271 g/mol. The van der Waals surface area contributed by atoms with Crippen molar-refractivity contribution in [1.29, 1.82) is 0 Å². The summed E-state index contributed by atoms with van der Waals surface area (Å²) >= 11 is 0. The molecule has 0 fully saturated rings. The highest BCUT2D eigenvalue weighted by Crippen LogP contribution is 2.31. The second-order valence-corrected chi connectivity index (χ2v) is 5.34. The standard InChI is InChI=1S/C16H21N3O/c1-13-8-6-7-11-16(13,2)12-17-19-15(20)18-14-9-4-3-5-10-14/h3-11,13,17H,12H2,1-2H3,(H2,18,19,20). The SMILES string of the molecule is CC1C=CC=CC1(C)CNNC(=O)Nc1ccccc1. The lowest BCUT2D eigenvalue weighted by atomic mass is 9.75. The van der Waals surface area contributed by atoms with Crippen LogP contribution in [-0.2, 0) is 0 Å². The maximum Gasteiger partial charge on any atom is 0.333 e. The van der Waals surface area contributed by atoms with Gasteiger partial charge in [-0.25, -0.2) is 10.2 Å². The third kappa shape index (κ3) is 3.71. The molecule has 0 aromatic heterocycles. The van der Waals surface area contributed by atoms with Gasteiger partial charge < -0.3 is 5.32 Å². The molecule has 0 saturated carbocycles. The van der Waals surface area contributed by atoms with E-state index >= 15 is 0 Å². The van der Waals surface area contributed by atoms with Gasteiger partial charge in [0.25, 0.3) is 0 Å². The molecule has 0 radical (unpaired) electrons. The lowest BCUT2D eigenvalue weighted by Gasteiger charge is -2.33. The number of amides is 2. The van der Waals surface area contributed by atoms with Crippen molar-refractivity contribution in [3.05, 3.63) is 54.6 Å². The van der Waals surface area contributed by atoms with Crippen LogP contribution in [0.1, 0.15) is 13.8 Å². The molecular weight excluding hydrogens is 250 g/mol. The molecule has 0 saturated heterocycles. The summed E-state index contributed by atoms with van der Waals surface area (Å²) in [5, 5.41) is 2.76. The number of urea groups is 1. The zero-order valence-corrected chi connectivity index (χ0v) is 11.9. The zero-order valence-electron chi connectivity index (χ0n) is 11.9. The predicted molar refractivity (Wildman–Crippen MR) is 82.2 cm³/mol. The molecule has 20 heavy (non-hydrogen) atoms. The van der Waals surface area contributed by atoms with Crippen LogP contribution in [0.15, 0.2) is 54.6 Å². The van der Waals surface area contributed by atoms with E-state index in [1.807, 2.05) is 36.4 Å². The Morgan fingerprint density at radius 1 is 1.25 bits per heavy atom. The topological polar surface area (TPSA) is 53.2 Å². The average molecular weight is 271 g/mol. The van der Waals surface area contributed by atoms with Crippen molar-refractivity contribution < 1.29 is 4.79 Å². The fourth-order valence-corrected chi connectivity index (χ4v) is 2.10. The summed E-state index contributed by atoms with van der Waals surface area (Å²) in [7, 11) is 0. The van der Waals surface area contributed by atoms with E-state index < -0.39 is 0 Å². The van der Waals surface area contributed by atoms with Crippen molar-refractivity contribution in [2.75, 3.05) is 11.9 Å². The number of carbonyl (C=O) groups is 1. The molecule has 4 heteroatoms. The van der Waals surface area contributed by atoms with Crippen LogP contribution < -0.4 is 16.2 Å². The third-order valence-electron chi connectivity index (χ3n) is 3.73. The molecule has 2 amide bonds. The number of para-hydroxylation sites is 1. The van der Waals surface area contributed by atoms with E-state index in [1.54, 1.807) is 0 Å². The lowest BCUT2D eigenvalue weighted by molar-refractivity contribution is 0.240. The maximum absolute atomic E-state index is 11.7. The first-order valence-corrected chi connectivity index (χ1v) is 6.81. The second kappa shape index (κ2) is 6.39. The first-order valence-electron chi connectivity index (χ1n) is 6.81. The molecule has 3 N–H and O–H groups in total. The Morgan fingerprint density at radius 3 is 2.70 bits per heavy atom. The first kappa shape index (κ1) is 14.3.